The van der Waals surface area contributed by atoms with E-state index >= 15 is 0 Å². The van der Waals surface area contributed by atoms with Gasteiger partial charge in [0.1, 0.15) is 0 Å². The summed E-state index contributed by atoms with van der Waals surface area (Å²) in [6.07, 6.45) is 3.82. The van der Waals surface area contributed by atoms with Crippen LogP contribution in [-0.4, -0.2) is 42.1 Å². The highest BCUT2D eigenvalue weighted by molar-refractivity contribution is 8.00. The first-order valence-corrected chi connectivity index (χ1v) is 9.87. The number of hydrogen-bond acceptors (Lipinski definition) is 3. The van der Waals surface area contributed by atoms with Crippen LogP contribution >= 0.6 is 11.8 Å². The number of fused-ring (bicyclic) bond motifs is 1. The molecule has 0 saturated carbocycles. The molecule has 0 radical (unpaired) electrons. The van der Waals surface area contributed by atoms with E-state index in [9.17, 15) is 9.59 Å². The van der Waals surface area contributed by atoms with Crippen LogP contribution in [0.3, 0.4) is 0 Å². The molecule has 1 saturated heterocycles. The zero-order valence-electron chi connectivity index (χ0n) is 14.4. The standard InChI is InChI=1S/C20H24N2O2S/c23-19(21-11-13-22-12-5-1-2-8-20(22)24)15-25-18-10-9-16-6-3-4-7-17(16)14-18/h3-4,6-7,9-10,14H,1-2,5,8,11-13,15H2,(H,21,23). The Morgan fingerprint density at radius 3 is 2.80 bits per heavy atom. The molecule has 1 aliphatic heterocycles. The van der Waals surface area contributed by atoms with Gasteiger partial charge < -0.3 is 10.2 Å². The normalized spacial score (nSPS) is 15.2. The summed E-state index contributed by atoms with van der Waals surface area (Å²) in [6.45, 7) is 1.97. The average molecular weight is 356 g/mol. The lowest BCUT2D eigenvalue weighted by molar-refractivity contribution is -0.131. The molecule has 1 N–H and O–H groups in total. The summed E-state index contributed by atoms with van der Waals surface area (Å²) in [5, 5.41) is 5.32. The van der Waals surface area contributed by atoms with Gasteiger partial charge in [0.25, 0.3) is 0 Å². The molecule has 1 aliphatic rings. The van der Waals surface area contributed by atoms with Crippen LogP contribution in [0.25, 0.3) is 10.8 Å². The third-order valence-corrected chi connectivity index (χ3v) is 5.46. The van der Waals surface area contributed by atoms with Gasteiger partial charge in [0, 0.05) is 31.0 Å². The Labute approximate surface area is 153 Å². The second-order valence-corrected chi connectivity index (χ2v) is 7.39. The summed E-state index contributed by atoms with van der Waals surface area (Å²) in [5.74, 6) is 0.629. The SMILES string of the molecule is O=C(CSc1ccc2ccccc2c1)NCCN1CCCCCC1=O. The number of benzene rings is 2. The molecule has 2 aromatic carbocycles. The molecule has 0 aromatic heterocycles. The molecule has 0 aliphatic carbocycles. The molecule has 2 amide bonds. The minimum Gasteiger partial charge on any atom is -0.354 e. The van der Waals surface area contributed by atoms with Gasteiger partial charge in [-0.3, -0.25) is 9.59 Å². The Morgan fingerprint density at radius 2 is 1.92 bits per heavy atom. The van der Waals surface area contributed by atoms with Crippen LogP contribution in [0.2, 0.25) is 0 Å². The van der Waals surface area contributed by atoms with E-state index in [-0.39, 0.29) is 11.8 Å². The largest absolute Gasteiger partial charge is 0.354 e. The van der Waals surface area contributed by atoms with Gasteiger partial charge in [-0.2, -0.15) is 0 Å². The fourth-order valence-electron chi connectivity index (χ4n) is 3.06. The van der Waals surface area contributed by atoms with Crippen LogP contribution in [-0.2, 0) is 9.59 Å². The fraction of sp³-hybridized carbons (Fsp3) is 0.400. The molecule has 25 heavy (non-hydrogen) atoms. The van der Waals surface area contributed by atoms with Crippen LogP contribution in [0.5, 0.6) is 0 Å². The number of likely N-dealkylation sites (tertiary alicyclic amines) is 1. The van der Waals surface area contributed by atoms with Crippen LogP contribution in [0.1, 0.15) is 25.7 Å². The molecule has 1 fully saturated rings. The van der Waals surface area contributed by atoms with Crippen molar-refractivity contribution < 1.29 is 9.59 Å². The zero-order valence-corrected chi connectivity index (χ0v) is 15.2. The molecule has 1 heterocycles. The number of hydrogen-bond donors (Lipinski definition) is 1. The maximum absolute atomic E-state index is 12.0. The van der Waals surface area contributed by atoms with E-state index in [1.807, 2.05) is 17.0 Å². The molecule has 0 spiro atoms. The fourth-order valence-corrected chi connectivity index (χ4v) is 3.84. The molecule has 132 valence electrons. The van der Waals surface area contributed by atoms with Gasteiger partial charge >= 0.3 is 0 Å². The Morgan fingerprint density at radius 1 is 1.08 bits per heavy atom. The minimum atomic E-state index is 0.0143. The van der Waals surface area contributed by atoms with Crippen LogP contribution in [0, 0.1) is 0 Å². The summed E-state index contributed by atoms with van der Waals surface area (Å²) >= 11 is 1.54. The first kappa shape index (κ1) is 17.8. The molecule has 3 rings (SSSR count). The predicted octanol–water partition coefficient (Wildman–Crippen LogP) is 3.45. The molecular formula is C20H24N2O2S. The van der Waals surface area contributed by atoms with E-state index in [1.54, 1.807) is 11.8 Å². The Bertz CT molecular complexity index is 747. The summed E-state index contributed by atoms with van der Waals surface area (Å²) in [4.78, 5) is 26.9. The van der Waals surface area contributed by atoms with Crippen molar-refractivity contribution in [2.45, 2.75) is 30.6 Å². The summed E-state index contributed by atoms with van der Waals surface area (Å²) in [5.41, 5.74) is 0. The monoisotopic (exact) mass is 356 g/mol. The van der Waals surface area contributed by atoms with Crippen molar-refractivity contribution in [3.05, 3.63) is 42.5 Å². The minimum absolute atomic E-state index is 0.0143. The van der Waals surface area contributed by atoms with E-state index in [4.69, 9.17) is 0 Å². The van der Waals surface area contributed by atoms with Crippen molar-refractivity contribution in [3.8, 4) is 0 Å². The van der Waals surface area contributed by atoms with Crippen molar-refractivity contribution in [2.75, 3.05) is 25.4 Å². The Hall–Kier alpha value is -2.01. The topological polar surface area (TPSA) is 49.4 Å². The highest BCUT2D eigenvalue weighted by atomic mass is 32.2. The van der Waals surface area contributed by atoms with Crippen molar-refractivity contribution >= 4 is 34.3 Å². The Kier molecular flexibility index (Phi) is 6.34. The third kappa shape index (κ3) is 5.23. The number of nitrogens with one attached hydrogen (secondary N) is 1. The average Bonchev–Trinajstić information content (AvgIpc) is 2.84. The quantitative estimate of drug-likeness (QED) is 0.807. The molecule has 4 nitrogen and oxygen atoms in total. The second-order valence-electron chi connectivity index (χ2n) is 6.34. The Balaban J connectivity index is 1.42. The summed E-state index contributed by atoms with van der Waals surface area (Å²) in [6, 6.07) is 14.5. The van der Waals surface area contributed by atoms with E-state index < -0.39 is 0 Å². The number of nitrogens with zero attached hydrogens (tertiary/aromatic N) is 1. The number of amides is 2. The number of thioether (sulfide) groups is 1. The van der Waals surface area contributed by atoms with Gasteiger partial charge in [0.15, 0.2) is 0 Å². The van der Waals surface area contributed by atoms with E-state index in [0.29, 0.717) is 25.3 Å². The molecule has 0 bridgehead atoms. The van der Waals surface area contributed by atoms with Crippen molar-refractivity contribution in [1.82, 2.24) is 10.2 Å². The maximum Gasteiger partial charge on any atom is 0.230 e. The van der Waals surface area contributed by atoms with Gasteiger partial charge in [-0.25, -0.2) is 0 Å². The molecule has 5 heteroatoms. The van der Waals surface area contributed by atoms with Crippen molar-refractivity contribution in [2.24, 2.45) is 0 Å². The zero-order chi connectivity index (χ0) is 17.5. The number of rotatable bonds is 6. The van der Waals surface area contributed by atoms with Crippen LogP contribution in [0.4, 0.5) is 0 Å². The third-order valence-electron chi connectivity index (χ3n) is 4.47. The lowest BCUT2D eigenvalue weighted by atomic mass is 10.1. The number of carbonyl (C=O) groups excluding carboxylic acids is 2. The molecule has 2 aromatic rings. The predicted molar refractivity (Wildman–Crippen MR) is 103 cm³/mol. The van der Waals surface area contributed by atoms with E-state index in [0.717, 1.165) is 30.7 Å². The van der Waals surface area contributed by atoms with Crippen LogP contribution < -0.4 is 5.32 Å². The van der Waals surface area contributed by atoms with E-state index in [1.165, 1.54) is 10.8 Å². The molecule has 0 atom stereocenters. The van der Waals surface area contributed by atoms with Crippen LogP contribution in [0.15, 0.2) is 47.4 Å². The van der Waals surface area contributed by atoms with Gasteiger partial charge in [-0.15, -0.1) is 11.8 Å². The lowest BCUT2D eigenvalue weighted by Crippen LogP contribution is -2.38. The first-order chi connectivity index (χ1) is 12.2. The van der Waals surface area contributed by atoms with Crippen molar-refractivity contribution in [3.63, 3.8) is 0 Å². The number of carbonyl (C=O) groups is 2. The second kappa shape index (κ2) is 8.90. The van der Waals surface area contributed by atoms with Gasteiger partial charge in [-0.05, 0) is 35.7 Å². The highest BCUT2D eigenvalue weighted by Gasteiger charge is 2.16. The summed E-state index contributed by atoms with van der Waals surface area (Å²) < 4.78 is 0. The van der Waals surface area contributed by atoms with E-state index in [2.05, 4.69) is 35.6 Å². The lowest BCUT2D eigenvalue weighted by Gasteiger charge is -2.20. The highest BCUT2D eigenvalue weighted by Crippen LogP contribution is 2.23. The molecule has 0 unspecified atom stereocenters. The van der Waals surface area contributed by atoms with Crippen molar-refractivity contribution in [1.29, 1.82) is 0 Å². The first-order valence-electron chi connectivity index (χ1n) is 8.88. The maximum atomic E-state index is 12.0. The van der Waals surface area contributed by atoms with Gasteiger partial charge in [0.2, 0.25) is 11.8 Å². The van der Waals surface area contributed by atoms with Gasteiger partial charge in [0.05, 0.1) is 5.75 Å². The van der Waals surface area contributed by atoms with Gasteiger partial charge in [-0.1, -0.05) is 36.8 Å². The summed E-state index contributed by atoms with van der Waals surface area (Å²) in [7, 11) is 0. The smallest absolute Gasteiger partial charge is 0.230 e. The molecular weight excluding hydrogens is 332 g/mol.